The van der Waals surface area contributed by atoms with Crippen LogP contribution in [0, 0.1) is 5.41 Å². The minimum atomic E-state index is -0.101. The first kappa shape index (κ1) is 19.8. The summed E-state index contributed by atoms with van der Waals surface area (Å²) in [5.74, 6) is 0.471. The summed E-state index contributed by atoms with van der Waals surface area (Å²) in [6, 6.07) is -0.101. The number of methoxy groups -OCH3 is 1. The van der Waals surface area contributed by atoms with E-state index in [1.807, 2.05) is 11.1 Å². The van der Waals surface area contributed by atoms with Gasteiger partial charge in [-0.05, 0) is 19.3 Å². The van der Waals surface area contributed by atoms with Crippen molar-refractivity contribution in [2.75, 3.05) is 69.9 Å². The van der Waals surface area contributed by atoms with E-state index in [2.05, 4.69) is 20.2 Å². The Hall–Kier alpha value is -2.17. The highest BCUT2D eigenvalue weighted by atomic mass is 32.1. The van der Waals surface area contributed by atoms with Gasteiger partial charge in [-0.3, -0.25) is 5.32 Å². The number of urea groups is 1. The van der Waals surface area contributed by atoms with Crippen LogP contribution in [0.3, 0.4) is 0 Å². The molecule has 0 bridgehead atoms. The highest BCUT2D eigenvalue weighted by Crippen LogP contribution is 2.40. The fourth-order valence-corrected chi connectivity index (χ4v) is 5.61. The molecule has 3 saturated heterocycles. The van der Waals surface area contributed by atoms with E-state index in [4.69, 9.17) is 14.2 Å². The zero-order chi connectivity index (χ0) is 20.6. The van der Waals surface area contributed by atoms with E-state index < -0.39 is 0 Å². The first-order valence-electron chi connectivity index (χ1n) is 10.5. The molecule has 10 heteroatoms. The molecule has 162 valence electrons. The van der Waals surface area contributed by atoms with Gasteiger partial charge >= 0.3 is 6.03 Å². The Bertz CT molecular complexity index is 923. The number of pyridine rings is 1. The molecule has 2 aromatic rings. The van der Waals surface area contributed by atoms with Crippen LogP contribution in [0.2, 0.25) is 0 Å². The molecule has 5 rings (SSSR count). The van der Waals surface area contributed by atoms with Crippen LogP contribution in [0.1, 0.15) is 19.3 Å². The third-order valence-corrected chi connectivity index (χ3v) is 7.25. The Balaban J connectivity index is 1.36. The first-order chi connectivity index (χ1) is 14.7. The van der Waals surface area contributed by atoms with E-state index in [0.29, 0.717) is 29.7 Å². The molecule has 0 aliphatic carbocycles. The second kappa shape index (κ2) is 8.16. The van der Waals surface area contributed by atoms with Crippen LogP contribution >= 0.6 is 11.3 Å². The summed E-state index contributed by atoms with van der Waals surface area (Å²) in [7, 11) is 1.59. The Kier molecular flexibility index (Phi) is 5.38. The van der Waals surface area contributed by atoms with Gasteiger partial charge in [-0.1, -0.05) is 11.3 Å². The van der Waals surface area contributed by atoms with Crippen molar-refractivity contribution in [2.24, 2.45) is 5.41 Å². The van der Waals surface area contributed by atoms with Crippen molar-refractivity contribution >= 4 is 38.4 Å². The number of rotatable bonds is 3. The fourth-order valence-electron chi connectivity index (χ4n) is 4.62. The lowest BCUT2D eigenvalue weighted by molar-refractivity contribution is -0.000213. The molecule has 30 heavy (non-hydrogen) atoms. The largest absolute Gasteiger partial charge is 0.479 e. The van der Waals surface area contributed by atoms with E-state index >= 15 is 0 Å². The fraction of sp³-hybridized carbons (Fsp3) is 0.650. The predicted molar refractivity (Wildman–Crippen MR) is 115 cm³/mol. The van der Waals surface area contributed by atoms with Gasteiger partial charge in [0.2, 0.25) is 5.88 Å². The molecular weight excluding hydrogens is 406 g/mol. The van der Waals surface area contributed by atoms with Gasteiger partial charge < -0.3 is 24.0 Å². The molecule has 9 nitrogen and oxygen atoms in total. The van der Waals surface area contributed by atoms with Crippen molar-refractivity contribution in [3.63, 3.8) is 0 Å². The number of nitrogens with zero attached hydrogens (tertiary/aromatic N) is 4. The molecular formula is C20H27N5O4S. The summed E-state index contributed by atoms with van der Waals surface area (Å²) in [4.78, 5) is 26.1. The maximum atomic E-state index is 12.9. The van der Waals surface area contributed by atoms with Crippen LogP contribution < -0.4 is 15.0 Å². The highest BCUT2D eigenvalue weighted by Gasteiger charge is 2.41. The lowest BCUT2D eigenvalue weighted by Gasteiger charge is -2.32. The molecule has 3 fully saturated rings. The maximum Gasteiger partial charge on any atom is 0.323 e. The van der Waals surface area contributed by atoms with Crippen molar-refractivity contribution in [1.29, 1.82) is 0 Å². The van der Waals surface area contributed by atoms with Gasteiger partial charge in [0, 0.05) is 38.2 Å². The molecule has 0 radical (unpaired) electrons. The Morgan fingerprint density at radius 3 is 2.87 bits per heavy atom. The normalized spacial score (nSPS) is 24.6. The number of thiazole rings is 1. The van der Waals surface area contributed by atoms with Crippen molar-refractivity contribution in [2.45, 2.75) is 19.3 Å². The lowest BCUT2D eigenvalue weighted by Crippen LogP contribution is -2.38. The van der Waals surface area contributed by atoms with Crippen molar-refractivity contribution in [1.82, 2.24) is 14.9 Å². The minimum absolute atomic E-state index is 0.101. The molecule has 2 amide bonds. The standard InChI is InChI=1S/C20H27N5O4S/c1-27-17-15-16(14(11-21-17)24-6-9-28-10-7-24)30-18(22-15)23-19(26)25-5-4-20(12-25)3-2-8-29-13-20/h11H,2-10,12-13H2,1H3,(H,22,23,26). The third kappa shape index (κ3) is 3.67. The van der Waals surface area contributed by atoms with Crippen LogP contribution in [0.5, 0.6) is 5.88 Å². The SMILES string of the molecule is COc1ncc(N2CCOCC2)c2sc(NC(=O)N3CCC4(CCCOC4)C3)nc12. The Labute approximate surface area is 179 Å². The molecule has 1 spiro atoms. The number of morpholine rings is 1. The molecule has 5 heterocycles. The summed E-state index contributed by atoms with van der Waals surface area (Å²) in [6.07, 6.45) is 5.02. The second-order valence-corrected chi connectivity index (χ2v) is 9.21. The number of likely N-dealkylation sites (tertiary alicyclic amines) is 1. The third-order valence-electron chi connectivity index (χ3n) is 6.26. The molecule has 3 aliphatic rings. The van der Waals surface area contributed by atoms with Crippen LogP contribution in [-0.2, 0) is 9.47 Å². The number of anilines is 2. The average Bonchev–Trinajstić information content (AvgIpc) is 3.38. The molecule has 1 N–H and O–H groups in total. The van der Waals surface area contributed by atoms with Crippen LogP contribution in [0.25, 0.3) is 10.2 Å². The number of hydrogen-bond acceptors (Lipinski definition) is 8. The number of carbonyl (C=O) groups excluding carboxylic acids is 1. The number of carbonyl (C=O) groups is 1. The van der Waals surface area contributed by atoms with Gasteiger partial charge in [0.15, 0.2) is 5.13 Å². The van der Waals surface area contributed by atoms with Crippen molar-refractivity contribution < 1.29 is 19.0 Å². The number of aromatic nitrogens is 2. The number of nitrogens with one attached hydrogen (secondary N) is 1. The lowest BCUT2D eigenvalue weighted by atomic mass is 9.82. The van der Waals surface area contributed by atoms with E-state index in [-0.39, 0.29) is 11.4 Å². The van der Waals surface area contributed by atoms with E-state index in [9.17, 15) is 4.79 Å². The average molecular weight is 434 g/mol. The first-order valence-corrected chi connectivity index (χ1v) is 11.3. The molecule has 1 unspecified atom stereocenters. The summed E-state index contributed by atoms with van der Waals surface area (Å²) in [5.41, 5.74) is 1.81. The number of fused-ring (bicyclic) bond motifs is 1. The van der Waals surface area contributed by atoms with Crippen molar-refractivity contribution in [3.8, 4) is 5.88 Å². The van der Waals surface area contributed by atoms with E-state index in [1.165, 1.54) is 11.3 Å². The van der Waals surface area contributed by atoms with Crippen LogP contribution in [-0.4, -0.2) is 80.6 Å². The minimum Gasteiger partial charge on any atom is -0.479 e. The quantitative estimate of drug-likeness (QED) is 0.796. The molecule has 0 aromatic carbocycles. The van der Waals surface area contributed by atoms with Gasteiger partial charge in [0.05, 0.1) is 43.5 Å². The predicted octanol–water partition coefficient (Wildman–Crippen LogP) is 2.57. The topological polar surface area (TPSA) is 89.1 Å². The maximum absolute atomic E-state index is 12.9. The molecule has 1 atom stereocenters. The summed E-state index contributed by atoms with van der Waals surface area (Å²) in [5, 5.41) is 3.57. The number of amides is 2. The number of hydrogen-bond donors (Lipinski definition) is 1. The second-order valence-electron chi connectivity index (χ2n) is 8.21. The monoisotopic (exact) mass is 433 g/mol. The molecule has 3 aliphatic heterocycles. The Morgan fingerprint density at radius 1 is 1.23 bits per heavy atom. The summed E-state index contributed by atoms with van der Waals surface area (Å²) in [6.45, 7) is 6.08. The van der Waals surface area contributed by atoms with Gasteiger partial charge in [0.25, 0.3) is 0 Å². The van der Waals surface area contributed by atoms with E-state index in [0.717, 1.165) is 69.0 Å². The van der Waals surface area contributed by atoms with E-state index in [1.54, 1.807) is 7.11 Å². The number of ether oxygens (including phenoxy) is 3. The molecule has 0 saturated carbocycles. The smallest absolute Gasteiger partial charge is 0.323 e. The van der Waals surface area contributed by atoms with Gasteiger partial charge in [-0.15, -0.1) is 0 Å². The van der Waals surface area contributed by atoms with Crippen LogP contribution in [0.15, 0.2) is 6.20 Å². The van der Waals surface area contributed by atoms with Gasteiger partial charge in [-0.25, -0.2) is 14.8 Å². The Morgan fingerprint density at radius 2 is 2.10 bits per heavy atom. The molecule has 2 aromatic heterocycles. The van der Waals surface area contributed by atoms with Crippen molar-refractivity contribution in [3.05, 3.63) is 6.20 Å². The summed E-state index contributed by atoms with van der Waals surface area (Å²) < 4.78 is 17.5. The van der Waals surface area contributed by atoms with Crippen LogP contribution in [0.4, 0.5) is 15.6 Å². The zero-order valence-corrected chi connectivity index (χ0v) is 18.0. The van der Waals surface area contributed by atoms with Gasteiger partial charge in [-0.2, -0.15) is 0 Å². The summed E-state index contributed by atoms with van der Waals surface area (Å²) >= 11 is 1.46. The van der Waals surface area contributed by atoms with Gasteiger partial charge in [0.1, 0.15) is 5.52 Å². The zero-order valence-electron chi connectivity index (χ0n) is 17.2. The highest BCUT2D eigenvalue weighted by molar-refractivity contribution is 7.23.